The zero-order chi connectivity index (χ0) is 13.8. The Morgan fingerprint density at radius 3 is 2.84 bits per heavy atom. The molecule has 0 radical (unpaired) electrons. The highest BCUT2D eigenvalue weighted by atomic mass is 79.9. The van der Waals surface area contributed by atoms with E-state index in [-0.39, 0.29) is 17.5 Å². The van der Waals surface area contributed by atoms with Gasteiger partial charge in [-0.15, -0.1) is 0 Å². The lowest BCUT2D eigenvalue weighted by atomic mass is 10.1. The molecule has 0 heterocycles. The number of rotatable bonds is 2. The number of carbonyl (C=O) groups excluding carboxylic acids is 1. The summed E-state index contributed by atoms with van der Waals surface area (Å²) in [4.78, 5) is 12.1. The molecule has 2 N–H and O–H groups in total. The molecule has 0 saturated heterocycles. The molecule has 0 bridgehead atoms. The van der Waals surface area contributed by atoms with Crippen LogP contribution in [-0.4, -0.2) is 23.2 Å². The van der Waals surface area contributed by atoms with Gasteiger partial charge in [0.1, 0.15) is 5.82 Å². The number of amides is 1. The van der Waals surface area contributed by atoms with Gasteiger partial charge in [-0.05, 0) is 47.0 Å². The van der Waals surface area contributed by atoms with Crippen molar-refractivity contribution in [2.75, 3.05) is 0 Å². The van der Waals surface area contributed by atoms with E-state index in [1.165, 1.54) is 18.2 Å². The summed E-state index contributed by atoms with van der Waals surface area (Å²) in [5.74, 6) is -0.799. The third kappa shape index (κ3) is 3.76. The molecule has 1 aromatic carbocycles. The Hall–Kier alpha value is -0.940. The summed E-state index contributed by atoms with van der Waals surface area (Å²) >= 11 is 3.24. The van der Waals surface area contributed by atoms with Crippen molar-refractivity contribution in [2.24, 2.45) is 0 Å². The zero-order valence-corrected chi connectivity index (χ0v) is 12.1. The van der Waals surface area contributed by atoms with Gasteiger partial charge in [-0.25, -0.2) is 4.39 Å². The lowest BCUT2D eigenvalue weighted by Gasteiger charge is -2.22. The quantitative estimate of drug-likeness (QED) is 0.819. The molecule has 2 atom stereocenters. The number of aliphatic hydroxyl groups excluding tert-OH is 1. The highest BCUT2D eigenvalue weighted by Crippen LogP contribution is 2.21. The lowest BCUT2D eigenvalue weighted by molar-refractivity contribution is 0.0817. The average molecular weight is 330 g/mol. The molecule has 2 unspecified atom stereocenters. The zero-order valence-electron chi connectivity index (χ0n) is 10.5. The predicted molar refractivity (Wildman–Crippen MR) is 74.4 cm³/mol. The number of benzene rings is 1. The van der Waals surface area contributed by atoms with Gasteiger partial charge in [0.15, 0.2) is 0 Å². The van der Waals surface area contributed by atoms with E-state index in [0.29, 0.717) is 10.9 Å². The molecule has 19 heavy (non-hydrogen) atoms. The van der Waals surface area contributed by atoms with Crippen LogP contribution in [0.1, 0.15) is 42.5 Å². The summed E-state index contributed by atoms with van der Waals surface area (Å²) < 4.78 is 13.7. The van der Waals surface area contributed by atoms with Crippen LogP contribution in [0.15, 0.2) is 22.7 Å². The molecular formula is C14H17BrFNO2. The van der Waals surface area contributed by atoms with E-state index in [4.69, 9.17) is 0 Å². The molecule has 1 aliphatic carbocycles. The molecule has 5 heteroatoms. The first kappa shape index (κ1) is 14.5. The maximum absolute atomic E-state index is 13.2. The Balaban J connectivity index is 2.09. The van der Waals surface area contributed by atoms with Crippen LogP contribution < -0.4 is 5.32 Å². The largest absolute Gasteiger partial charge is 0.391 e. The molecule has 2 rings (SSSR count). The van der Waals surface area contributed by atoms with Crippen LogP contribution in [0.3, 0.4) is 0 Å². The predicted octanol–water partition coefficient (Wildman–Crippen LogP) is 3.01. The molecular weight excluding hydrogens is 313 g/mol. The van der Waals surface area contributed by atoms with Gasteiger partial charge < -0.3 is 10.4 Å². The van der Waals surface area contributed by atoms with Crippen molar-refractivity contribution in [3.63, 3.8) is 0 Å². The van der Waals surface area contributed by atoms with Crippen molar-refractivity contribution in [3.8, 4) is 0 Å². The van der Waals surface area contributed by atoms with Gasteiger partial charge in [-0.2, -0.15) is 0 Å². The van der Waals surface area contributed by atoms with Crippen LogP contribution in [0.5, 0.6) is 0 Å². The maximum Gasteiger partial charge on any atom is 0.252 e. The van der Waals surface area contributed by atoms with Crippen molar-refractivity contribution < 1.29 is 14.3 Å². The first-order valence-electron chi connectivity index (χ1n) is 6.52. The second-order valence-corrected chi connectivity index (χ2v) is 5.76. The fourth-order valence-electron chi connectivity index (χ4n) is 2.37. The number of nitrogens with one attached hydrogen (secondary N) is 1. The summed E-state index contributed by atoms with van der Waals surface area (Å²) in [6.07, 6.45) is 4.00. The van der Waals surface area contributed by atoms with Gasteiger partial charge in [0.05, 0.1) is 17.7 Å². The second-order valence-electron chi connectivity index (χ2n) is 4.91. The number of carbonyl (C=O) groups is 1. The average Bonchev–Trinajstić information content (AvgIpc) is 2.58. The third-order valence-corrected chi connectivity index (χ3v) is 4.16. The standard InChI is InChI=1S/C14H17BrFNO2/c15-11-7-6-9(16)8-10(11)14(19)17-12-4-2-1-3-5-13(12)18/h6-8,12-13,18H,1-5H2,(H,17,19). The first-order chi connectivity index (χ1) is 9.08. The molecule has 1 aromatic rings. The van der Waals surface area contributed by atoms with Crippen LogP contribution in [-0.2, 0) is 0 Å². The summed E-state index contributed by atoms with van der Waals surface area (Å²) in [7, 11) is 0. The van der Waals surface area contributed by atoms with Crippen LogP contribution in [0.2, 0.25) is 0 Å². The Kier molecular flexibility index (Phi) is 4.93. The Bertz CT molecular complexity index is 467. The van der Waals surface area contributed by atoms with Gasteiger partial charge >= 0.3 is 0 Å². The third-order valence-electron chi connectivity index (χ3n) is 3.47. The van der Waals surface area contributed by atoms with E-state index >= 15 is 0 Å². The Morgan fingerprint density at radius 2 is 2.05 bits per heavy atom. The molecule has 1 saturated carbocycles. The molecule has 0 aliphatic heterocycles. The van der Waals surface area contributed by atoms with E-state index < -0.39 is 11.9 Å². The van der Waals surface area contributed by atoms with Crippen LogP contribution in [0.4, 0.5) is 4.39 Å². The van der Waals surface area contributed by atoms with E-state index in [1.807, 2.05) is 0 Å². The summed E-state index contributed by atoms with van der Waals surface area (Å²) in [6.45, 7) is 0. The molecule has 1 aliphatic rings. The number of hydrogen-bond acceptors (Lipinski definition) is 2. The SMILES string of the molecule is O=C(NC1CCCCCC1O)c1cc(F)ccc1Br. The maximum atomic E-state index is 13.2. The van der Waals surface area contributed by atoms with Crippen molar-refractivity contribution in [2.45, 2.75) is 44.2 Å². The molecule has 1 amide bonds. The van der Waals surface area contributed by atoms with Crippen LogP contribution in [0.25, 0.3) is 0 Å². The van der Waals surface area contributed by atoms with E-state index in [9.17, 15) is 14.3 Å². The smallest absolute Gasteiger partial charge is 0.252 e. The monoisotopic (exact) mass is 329 g/mol. The topological polar surface area (TPSA) is 49.3 Å². The fraction of sp³-hybridized carbons (Fsp3) is 0.500. The van der Waals surface area contributed by atoms with E-state index in [2.05, 4.69) is 21.2 Å². The molecule has 0 spiro atoms. The number of hydrogen-bond donors (Lipinski definition) is 2. The van der Waals surface area contributed by atoms with Crippen molar-refractivity contribution >= 4 is 21.8 Å². The minimum atomic E-state index is -0.515. The molecule has 1 fully saturated rings. The lowest BCUT2D eigenvalue weighted by Crippen LogP contribution is -2.42. The second kappa shape index (κ2) is 6.48. The molecule has 104 valence electrons. The summed E-state index contributed by atoms with van der Waals surface area (Å²) in [5, 5.41) is 12.8. The Labute approximate surface area is 120 Å². The van der Waals surface area contributed by atoms with Crippen molar-refractivity contribution in [1.82, 2.24) is 5.32 Å². The van der Waals surface area contributed by atoms with Gasteiger partial charge in [0.2, 0.25) is 0 Å². The minimum Gasteiger partial charge on any atom is -0.391 e. The van der Waals surface area contributed by atoms with E-state index in [0.717, 1.165) is 25.7 Å². The summed E-state index contributed by atoms with van der Waals surface area (Å²) in [5.41, 5.74) is 0.261. The minimum absolute atomic E-state index is 0.245. The number of halogens is 2. The van der Waals surface area contributed by atoms with Crippen LogP contribution in [0, 0.1) is 5.82 Å². The molecule has 3 nitrogen and oxygen atoms in total. The van der Waals surface area contributed by atoms with Crippen molar-refractivity contribution in [3.05, 3.63) is 34.1 Å². The van der Waals surface area contributed by atoms with Gasteiger partial charge in [-0.3, -0.25) is 4.79 Å². The highest BCUT2D eigenvalue weighted by Gasteiger charge is 2.24. The van der Waals surface area contributed by atoms with Gasteiger partial charge in [-0.1, -0.05) is 19.3 Å². The normalized spacial score (nSPS) is 23.7. The molecule has 0 aromatic heterocycles. The van der Waals surface area contributed by atoms with Gasteiger partial charge in [0.25, 0.3) is 5.91 Å². The van der Waals surface area contributed by atoms with E-state index in [1.54, 1.807) is 0 Å². The van der Waals surface area contributed by atoms with Gasteiger partial charge in [0, 0.05) is 4.47 Å². The fourth-order valence-corrected chi connectivity index (χ4v) is 2.80. The van der Waals surface area contributed by atoms with Crippen molar-refractivity contribution in [1.29, 1.82) is 0 Å². The Morgan fingerprint density at radius 1 is 1.32 bits per heavy atom. The number of aliphatic hydroxyl groups is 1. The first-order valence-corrected chi connectivity index (χ1v) is 7.31. The highest BCUT2D eigenvalue weighted by molar-refractivity contribution is 9.10. The summed E-state index contributed by atoms with van der Waals surface area (Å²) in [6, 6.07) is 3.75. The van der Waals surface area contributed by atoms with Crippen LogP contribution >= 0.6 is 15.9 Å².